The van der Waals surface area contributed by atoms with Crippen molar-refractivity contribution in [2.45, 2.75) is 19.4 Å². The lowest BCUT2D eigenvalue weighted by Gasteiger charge is -2.24. The number of hydrogen-bond donors (Lipinski definition) is 2. The Hall–Kier alpha value is -3.14. The van der Waals surface area contributed by atoms with Gasteiger partial charge in [0.15, 0.2) is 18.1 Å². The lowest BCUT2D eigenvalue weighted by molar-refractivity contribution is -0.158. The van der Waals surface area contributed by atoms with Crippen LogP contribution in [0.15, 0.2) is 29.6 Å². The molecule has 1 atom stereocenters. The van der Waals surface area contributed by atoms with Crippen molar-refractivity contribution in [1.29, 1.82) is 0 Å². The first kappa shape index (κ1) is 18.6. The highest BCUT2D eigenvalue weighted by molar-refractivity contribution is 7.09. The number of nitrogens with one attached hydrogen (secondary N) is 2. The summed E-state index contributed by atoms with van der Waals surface area (Å²) in [5.41, 5.74) is 5.24. The molecule has 1 aliphatic rings. The number of amides is 2. The molecule has 0 spiro atoms. The number of nitrogens with zero attached hydrogens (tertiary/aromatic N) is 1. The fraction of sp³-hybridized carbons (Fsp3) is 0.294. The standard InChI is InChI=1S/C17H17N3O6S/c1-10-9-27-16(18-10)6-14(21)19-20-15(22)8-25-17(23)13-7-24-11-4-2-3-5-12(11)26-13/h2-5,9,13H,6-8H2,1H3,(H,19,21)(H,20,22). The van der Waals surface area contributed by atoms with Crippen LogP contribution in [0.5, 0.6) is 11.5 Å². The van der Waals surface area contributed by atoms with Gasteiger partial charge >= 0.3 is 5.97 Å². The third-order valence-corrected chi connectivity index (χ3v) is 4.40. The van der Waals surface area contributed by atoms with Crippen LogP contribution >= 0.6 is 11.3 Å². The van der Waals surface area contributed by atoms with Crippen LogP contribution in [-0.4, -0.2) is 42.1 Å². The lowest BCUT2D eigenvalue weighted by atomic mass is 10.2. The summed E-state index contributed by atoms with van der Waals surface area (Å²) in [6.07, 6.45) is -0.916. The number of esters is 1. The van der Waals surface area contributed by atoms with Crippen LogP contribution < -0.4 is 20.3 Å². The molecule has 2 heterocycles. The molecule has 2 N–H and O–H groups in total. The van der Waals surface area contributed by atoms with Crippen molar-refractivity contribution < 1.29 is 28.6 Å². The smallest absolute Gasteiger partial charge is 0.351 e. The number of para-hydroxylation sites is 2. The van der Waals surface area contributed by atoms with E-state index in [1.807, 2.05) is 12.3 Å². The monoisotopic (exact) mass is 391 g/mol. The number of carbonyl (C=O) groups excluding carboxylic acids is 3. The van der Waals surface area contributed by atoms with Crippen LogP contribution in [0.25, 0.3) is 0 Å². The maximum atomic E-state index is 12.0. The molecule has 1 unspecified atom stereocenters. The maximum absolute atomic E-state index is 12.0. The van der Waals surface area contributed by atoms with Crippen molar-refractivity contribution in [3.63, 3.8) is 0 Å². The highest BCUT2D eigenvalue weighted by atomic mass is 32.1. The predicted molar refractivity (Wildman–Crippen MR) is 94.2 cm³/mol. The molecule has 1 aliphatic heterocycles. The van der Waals surface area contributed by atoms with E-state index >= 15 is 0 Å². The van der Waals surface area contributed by atoms with E-state index in [1.165, 1.54) is 11.3 Å². The van der Waals surface area contributed by atoms with Gasteiger partial charge in [-0.3, -0.25) is 20.4 Å². The zero-order valence-corrected chi connectivity index (χ0v) is 15.2. The summed E-state index contributed by atoms with van der Waals surface area (Å²) < 4.78 is 15.8. The van der Waals surface area contributed by atoms with E-state index in [0.717, 1.165) is 5.69 Å². The van der Waals surface area contributed by atoms with E-state index in [1.54, 1.807) is 24.3 Å². The van der Waals surface area contributed by atoms with Crippen molar-refractivity contribution in [2.24, 2.45) is 0 Å². The van der Waals surface area contributed by atoms with Crippen molar-refractivity contribution in [2.75, 3.05) is 13.2 Å². The molecular weight excluding hydrogens is 374 g/mol. The maximum Gasteiger partial charge on any atom is 0.351 e. The summed E-state index contributed by atoms with van der Waals surface area (Å²) >= 11 is 1.36. The summed E-state index contributed by atoms with van der Waals surface area (Å²) in [6.45, 7) is 1.26. The Morgan fingerprint density at radius 2 is 1.96 bits per heavy atom. The number of carbonyl (C=O) groups is 3. The molecule has 0 aliphatic carbocycles. The Morgan fingerprint density at radius 1 is 1.22 bits per heavy atom. The molecule has 9 nitrogen and oxygen atoms in total. The zero-order chi connectivity index (χ0) is 19.2. The molecule has 0 saturated carbocycles. The largest absolute Gasteiger partial charge is 0.485 e. The lowest BCUT2D eigenvalue weighted by Crippen LogP contribution is -2.45. The first-order valence-electron chi connectivity index (χ1n) is 8.05. The number of ether oxygens (including phenoxy) is 3. The Balaban J connectivity index is 1.37. The molecule has 10 heteroatoms. The predicted octanol–water partition coefficient (Wildman–Crippen LogP) is 0.525. The van der Waals surface area contributed by atoms with Gasteiger partial charge in [0.25, 0.3) is 5.91 Å². The summed E-state index contributed by atoms with van der Waals surface area (Å²) in [4.78, 5) is 39.6. The average molecular weight is 391 g/mol. The van der Waals surface area contributed by atoms with Crippen molar-refractivity contribution in [3.8, 4) is 11.5 Å². The summed E-state index contributed by atoms with van der Waals surface area (Å²) in [5, 5.41) is 2.47. The van der Waals surface area contributed by atoms with Crippen LogP contribution in [0.2, 0.25) is 0 Å². The van der Waals surface area contributed by atoms with Crippen LogP contribution in [0.4, 0.5) is 0 Å². The van der Waals surface area contributed by atoms with E-state index in [-0.39, 0.29) is 13.0 Å². The van der Waals surface area contributed by atoms with Gasteiger partial charge in [-0.05, 0) is 19.1 Å². The Labute approximate surface area is 158 Å². The topological polar surface area (TPSA) is 116 Å². The SMILES string of the molecule is Cc1csc(CC(=O)NNC(=O)COC(=O)C2COc3ccccc3O2)n1. The number of hydrazine groups is 1. The van der Waals surface area contributed by atoms with Crippen LogP contribution in [-0.2, 0) is 25.5 Å². The van der Waals surface area contributed by atoms with E-state index in [0.29, 0.717) is 16.5 Å². The van der Waals surface area contributed by atoms with Gasteiger partial charge in [0.1, 0.15) is 11.6 Å². The second-order valence-corrected chi connectivity index (χ2v) is 6.57. The van der Waals surface area contributed by atoms with Crippen LogP contribution in [0.3, 0.4) is 0 Å². The van der Waals surface area contributed by atoms with E-state index in [9.17, 15) is 14.4 Å². The minimum atomic E-state index is -0.963. The molecule has 0 saturated heterocycles. The average Bonchev–Trinajstić information content (AvgIpc) is 3.08. The van der Waals surface area contributed by atoms with E-state index in [4.69, 9.17) is 14.2 Å². The van der Waals surface area contributed by atoms with Gasteiger partial charge < -0.3 is 14.2 Å². The van der Waals surface area contributed by atoms with Crippen LogP contribution in [0, 0.1) is 6.92 Å². The molecule has 27 heavy (non-hydrogen) atoms. The van der Waals surface area contributed by atoms with Crippen molar-refractivity contribution in [1.82, 2.24) is 15.8 Å². The summed E-state index contributed by atoms with van der Waals surface area (Å²) in [5.74, 6) is -0.865. The van der Waals surface area contributed by atoms with Gasteiger partial charge in [0.05, 0.1) is 6.42 Å². The number of thiazole rings is 1. The fourth-order valence-corrected chi connectivity index (χ4v) is 2.98. The Bertz CT molecular complexity index is 853. The van der Waals surface area contributed by atoms with Crippen LogP contribution in [0.1, 0.15) is 10.7 Å². The normalized spacial score (nSPS) is 14.9. The van der Waals surface area contributed by atoms with E-state index < -0.39 is 30.5 Å². The first-order valence-corrected chi connectivity index (χ1v) is 8.93. The third kappa shape index (κ3) is 5.17. The Morgan fingerprint density at radius 3 is 2.70 bits per heavy atom. The number of hydrogen-bond acceptors (Lipinski definition) is 8. The highest BCUT2D eigenvalue weighted by Gasteiger charge is 2.29. The van der Waals surface area contributed by atoms with Gasteiger partial charge in [0, 0.05) is 11.1 Å². The minimum Gasteiger partial charge on any atom is -0.485 e. The van der Waals surface area contributed by atoms with Gasteiger partial charge in [-0.25, -0.2) is 9.78 Å². The second kappa shape index (κ2) is 8.49. The molecule has 0 radical (unpaired) electrons. The minimum absolute atomic E-state index is 0.0125. The zero-order valence-electron chi connectivity index (χ0n) is 14.4. The third-order valence-electron chi connectivity index (χ3n) is 3.44. The number of rotatable bonds is 5. The van der Waals surface area contributed by atoms with E-state index in [2.05, 4.69) is 15.8 Å². The van der Waals surface area contributed by atoms with Gasteiger partial charge in [-0.15, -0.1) is 11.3 Å². The van der Waals surface area contributed by atoms with Gasteiger partial charge in [-0.1, -0.05) is 12.1 Å². The summed E-state index contributed by atoms with van der Waals surface area (Å²) in [6, 6.07) is 6.93. The number of aromatic nitrogens is 1. The number of fused-ring (bicyclic) bond motifs is 1. The van der Waals surface area contributed by atoms with Crippen molar-refractivity contribution in [3.05, 3.63) is 40.3 Å². The number of aryl methyl sites for hydroxylation is 1. The molecule has 2 amide bonds. The molecule has 1 aromatic carbocycles. The molecular formula is C17H17N3O6S. The molecule has 3 rings (SSSR count). The fourth-order valence-electron chi connectivity index (χ4n) is 2.21. The summed E-state index contributed by atoms with van der Waals surface area (Å²) in [7, 11) is 0. The molecule has 142 valence electrons. The highest BCUT2D eigenvalue weighted by Crippen LogP contribution is 2.31. The Kier molecular flexibility index (Phi) is 5.87. The quantitative estimate of drug-likeness (QED) is 0.564. The molecule has 0 fully saturated rings. The second-order valence-electron chi connectivity index (χ2n) is 5.63. The molecule has 0 bridgehead atoms. The number of benzene rings is 1. The molecule has 2 aromatic rings. The van der Waals surface area contributed by atoms with Crippen molar-refractivity contribution >= 4 is 29.1 Å². The first-order chi connectivity index (χ1) is 13.0. The van der Waals surface area contributed by atoms with Gasteiger partial charge in [-0.2, -0.15) is 0 Å². The molecule has 1 aromatic heterocycles. The van der Waals surface area contributed by atoms with Gasteiger partial charge in [0.2, 0.25) is 12.0 Å².